The van der Waals surface area contributed by atoms with Crippen LogP contribution in [0.2, 0.25) is 0 Å². The molecule has 2 aromatic carbocycles. The number of nitrogen functional groups attached to an aromatic ring is 1. The number of tetrazole rings is 1. The molecule has 144 valence electrons. The SMILES string of the molecule is COc1c2c(cc3c1[C@H](c1nnnn1-c1cccc(N)c1)N(C)CC3)OCO2. The van der Waals surface area contributed by atoms with Crippen molar-refractivity contribution in [1.82, 2.24) is 25.1 Å². The Kier molecular flexibility index (Phi) is 3.83. The molecule has 2 aliphatic rings. The molecule has 1 aromatic heterocycles. The Hall–Kier alpha value is -3.33. The Morgan fingerprint density at radius 2 is 2.14 bits per heavy atom. The minimum atomic E-state index is -0.204. The van der Waals surface area contributed by atoms with Gasteiger partial charge in [0.05, 0.1) is 12.8 Å². The molecule has 0 saturated heterocycles. The van der Waals surface area contributed by atoms with Crippen LogP contribution in [-0.2, 0) is 6.42 Å². The van der Waals surface area contributed by atoms with Gasteiger partial charge in [0.2, 0.25) is 12.5 Å². The summed E-state index contributed by atoms with van der Waals surface area (Å²) in [6, 6.07) is 9.32. The van der Waals surface area contributed by atoms with E-state index in [1.54, 1.807) is 11.8 Å². The van der Waals surface area contributed by atoms with Crippen molar-refractivity contribution in [2.45, 2.75) is 12.5 Å². The third kappa shape index (κ3) is 2.47. The monoisotopic (exact) mass is 380 g/mol. The normalized spacial score (nSPS) is 18.1. The maximum Gasteiger partial charge on any atom is 0.231 e. The van der Waals surface area contributed by atoms with Crippen molar-refractivity contribution in [2.24, 2.45) is 0 Å². The largest absolute Gasteiger partial charge is 0.492 e. The second-order valence-corrected chi connectivity index (χ2v) is 6.89. The first kappa shape index (κ1) is 16.8. The minimum absolute atomic E-state index is 0.191. The first-order valence-corrected chi connectivity index (χ1v) is 9.01. The molecule has 0 fully saturated rings. The third-order valence-corrected chi connectivity index (χ3v) is 5.25. The summed E-state index contributed by atoms with van der Waals surface area (Å²) in [4.78, 5) is 2.21. The van der Waals surface area contributed by atoms with Crippen molar-refractivity contribution in [3.63, 3.8) is 0 Å². The quantitative estimate of drug-likeness (QED) is 0.683. The van der Waals surface area contributed by atoms with Gasteiger partial charge in [-0.3, -0.25) is 4.90 Å². The lowest BCUT2D eigenvalue weighted by Gasteiger charge is -2.34. The molecule has 3 heterocycles. The van der Waals surface area contributed by atoms with Crippen LogP contribution < -0.4 is 19.9 Å². The summed E-state index contributed by atoms with van der Waals surface area (Å²) in [5.41, 5.74) is 9.56. The zero-order chi connectivity index (χ0) is 19.3. The van der Waals surface area contributed by atoms with E-state index in [0.717, 1.165) is 29.8 Å². The highest BCUT2D eigenvalue weighted by molar-refractivity contribution is 5.62. The van der Waals surface area contributed by atoms with Crippen LogP contribution in [0.15, 0.2) is 30.3 Å². The highest BCUT2D eigenvalue weighted by Crippen LogP contribution is 2.50. The van der Waals surface area contributed by atoms with E-state index in [9.17, 15) is 0 Å². The molecule has 0 spiro atoms. The number of nitrogens with zero attached hydrogens (tertiary/aromatic N) is 5. The van der Waals surface area contributed by atoms with Gasteiger partial charge in [-0.15, -0.1) is 5.10 Å². The van der Waals surface area contributed by atoms with Gasteiger partial charge in [-0.25, -0.2) is 0 Å². The first-order chi connectivity index (χ1) is 13.7. The van der Waals surface area contributed by atoms with E-state index in [1.165, 1.54) is 0 Å². The molecule has 2 N–H and O–H groups in total. The molecule has 5 rings (SSSR count). The van der Waals surface area contributed by atoms with Gasteiger partial charge in [-0.2, -0.15) is 4.68 Å². The van der Waals surface area contributed by atoms with Crippen molar-refractivity contribution in [3.05, 3.63) is 47.3 Å². The number of likely N-dealkylation sites (N-methyl/N-ethyl adjacent to an activating group) is 1. The summed E-state index contributed by atoms with van der Waals surface area (Å²) in [6.45, 7) is 1.04. The smallest absolute Gasteiger partial charge is 0.231 e. The first-order valence-electron chi connectivity index (χ1n) is 9.01. The van der Waals surface area contributed by atoms with E-state index in [-0.39, 0.29) is 12.8 Å². The van der Waals surface area contributed by atoms with Crippen molar-refractivity contribution in [2.75, 3.05) is 33.2 Å². The van der Waals surface area contributed by atoms with Gasteiger partial charge >= 0.3 is 0 Å². The number of benzene rings is 2. The molecular formula is C19H20N6O3. The van der Waals surface area contributed by atoms with E-state index in [0.29, 0.717) is 28.8 Å². The van der Waals surface area contributed by atoms with Gasteiger partial charge in [0.25, 0.3) is 0 Å². The number of methoxy groups -OCH3 is 1. The van der Waals surface area contributed by atoms with Crippen molar-refractivity contribution >= 4 is 5.69 Å². The molecule has 0 unspecified atom stereocenters. The Balaban J connectivity index is 1.71. The summed E-state index contributed by atoms with van der Waals surface area (Å²) in [6.07, 6.45) is 0.870. The predicted molar refractivity (Wildman–Crippen MR) is 101 cm³/mol. The molecular weight excluding hydrogens is 360 g/mol. The fraction of sp³-hybridized carbons (Fsp3) is 0.316. The van der Waals surface area contributed by atoms with E-state index in [4.69, 9.17) is 19.9 Å². The lowest BCUT2D eigenvalue weighted by atomic mass is 9.90. The van der Waals surface area contributed by atoms with Crippen molar-refractivity contribution < 1.29 is 14.2 Å². The van der Waals surface area contributed by atoms with Crippen molar-refractivity contribution in [3.8, 4) is 22.9 Å². The summed E-state index contributed by atoms with van der Waals surface area (Å²) in [5, 5.41) is 12.5. The van der Waals surface area contributed by atoms with E-state index in [1.807, 2.05) is 30.3 Å². The van der Waals surface area contributed by atoms with Crippen LogP contribution in [0.1, 0.15) is 23.0 Å². The standard InChI is InChI=1S/C19H20N6O3/c1-24-7-6-11-8-14-17(28-10-27-14)18(26-2)15(11)16(24)19-21-22-23-25(19)13-5-3-4-12(20)9-13/h3-5,8-9,16H,6-7,10,20H2,1-2H3/t16-/m1/s1. The third-order valence-electron chi connectivity index (χ3n) is 5.25. The maximum atomic E-state index is 5.96. The van der Waals surface area contributed by atoms with Crippen LogP contribution >= 0.6 is 0 Å². The fourth-order valence-electron chi connectivity index (χ4n) is 3.96. The molecule has 0 radical (unpaired) electrons. The van der Waals surface area contributed by atoms with Gasteiger partial charge in [0, 0.05) is 17.8 Å². The molecule has 9 heteroatoms. The number of ether oxygens (including phenoxy) is 3. The average molecular weight is 380 g/mol. The van der Waals surface area contributed by atoms with Crippen LogP contribution in [0, 0.1) is 0 Å². The second-order valence-electron chi connectivity index (χ2n) is 6.89. The summed E-state index contributed by atoms with van der Waals surface area (Å²) < 4.78 is 18.8. The Morgan fingerprint density at radius 3 is 2.96 bits per heavy atom. The lowest BCUT2D eigenvalue weighted by Crippen LogP contribution is -2.35. The number of anilines is 1. The Bertz CT molecular complexity index is 1050. The highest BCUT2D eigenvalue weighted by atomic mass is 16.7. The van der Waals surface area contributed by atoms with Crippen LogP contribution in [0.4, 0.5) is 5.69 Å². The Morgan fingerprint density at radius 1 is 1.25 bits per heavy atom. The van der Waals surface area contributed by atoms with Gasteiger partial charge < -0.3 is 19.9 Å². The van der Waals surface area contributed by atoms with Gasteiger partial charge in [-0.05, 0) is 53.7 Å². The molecule has 0 amide bonds. The molecule has 28 heavy (non-hydrogen) atoms. The molecule has 1 atom stereocenters. The van der Waals surface area contributed by atoms with E-state index < -0.39 is 0 Å². The fourth-order valence-corrected chi connectivity index (χ4v) is 3.96. The number of hydrogen-bond donors (Lipinski definition) is 1. The van der Waals surface area contributed by atoms with Crippen molar-refractivity contribution in [1.29, 1.82) is 0 Å². The van der Waals surface area contributed by atoms with Crippen LogP contribution in [0.3, 0.4) is 0 Å². The zero-order valence-corrected chi connectivity index (χ0v) is 15.6. The number of fused-ring (bicyclic) bond motifs is 2. The Labute approximate surface area is 161 Å². The molecule has 0 saturated carbocycles. The highest BCUT2D eigenvalue weighted by Gasteiger charge is 2.37. The topological polar surface area (TPSA) is 101 Å². The molecule has 2 aliphatic heterocycles. The molecule has 0 aliphatic carbocycles. The van der Waals surface area contributed by atoms with Crippen LogP contribution in [-0.4, -0.2) is 52.6 Å². The van der Waals surface area contributed by atoms with Crippen LogP contribution in [0.25, 0.3) is 5.69 Å². The summed E-state index contributed by atoms with van der Waals surface area (Å²) in [7, 11) is 3.69. The van der Waals surface area contributed by atoms with Gasteiger partial charge in [0.15, 0.2) is 17.3 Å². The number of nitrogens with two attached hydrogens (primary N) is 1. The predicted octanol–water partition coefficient (Wildman–Crippen LogP) is 1.56. The van der Waals surface area contributed by atoms with E-state index in [2.05, 4.69) is 27.5 Å². The average Bonchev–Trinajstić information content (AvgIpc) is 3.35. The number of hydrogen-bond acceptors (Lipinski definition) is 8. The van der Waals surface area contributed by atoms with E-state index >= 15 is 0 Å². The minimum Gasteiger partial charge on any atom is -0.492 e. The summed E-state index contributed by atoms with van der Waals surface area (Å²) in [5.74, 6) is 2.70. The molecule has 3 aromatic rings. The summed E-state index contributed by atoms with van der Waals surface area (Å²) >= 11 is 0. The molecule has 9 nitrogen and oxygen atoms in total. The zero-order valence-electron chi connectivity index (χ0n) is 15.6. The van der Waals surface area contributed by atoms with Gasteiger partial charge in [0.1, 0.15) is 6.04 Å². The van der Waals surface area contributed by atoms with Gasteiger partial charge in [-0.1, -0.05) is 6.07 Å². The lowest BCUT2D eigenvalue weighted by molar-refractivity contribution is 0.170. The van der Waals surface area contributed by atoms with Crippen LogP contribution in [0.5, 0.6) is 17.2 Å². The number of rotatable bonds is 3. The maximum absolute atomic E-state index is 5.96. The number of aromatic nitrogens is 4. The second kappa shape index (κ2) is 6.38. The molecule has 0 bridgehead atoms.